The summed E-state index contributed by atoms with van der Waals surface area (Å²) in [5, 5.41) is 14.6. The van der Waals surface area contributed by atoms with Gasteiger partial charge in [-0.3, -0.25) is 0 Å². The van der Waals surface area contributed by atoms with E-state index in [0.717, 1.165) is 38.9 Å². The van der Waals surface area contributed by atoms with Crippen molar-refractivity contribution >= 4 is 0 Å². The van der Waals surface area contributed by atoms with Gasteiger partial charge in [-0.25, -0.2) is 0 Å². The van der Waals surface area contributed by atoms with Crippen LogP contribution in [0.2, 0.25) is 0 Å². The molecule has 0 aliphatic carbocycles. The number of piperidine rings is 1. The number of hydrogen-bond acceptors (Lipinski definition) is 3. The molecule has 2 rings (SSSR count). The summed E-state index contributed by atoms with van der Waals surface area (Å²) in [6, 6.07) is 0. The third kappa shape index (κ3) is 3.40. The summed E-state index contributed by atoms with van der Waals surface area (Å²) >= 11 is 0. The van der Waals surface area contributed by atoms with Crippen molar-refractivity contribution in [2.24, 2.45) is 11.3 Å². The number of ether oxygens (including phenoxy) is 2. The van der Waals surface area contributed by atoms with Gasteiger partial charge in [0.2, 0.25) is 0 Å². The maximum Gasteiger partial charge on any atom is 0.174 e. The Morgan fingerprint density at radius 3 is 2.04 bits per heavy atom. The number of hydrogen-bond donors (Lipinski definition) is 0. The predicted molar refractivity (Wildman–Crippen MR) is 101 cm³/mol. The molecule has 1 spiro atoms. The van der Waals surface area contributed by atoms with E-state index in [-0.39, 0.29) is 11.3 Å². The number of rotatable bonds is 6. The Balaban J connectivity index is 2.28. The minimum atomic E-state index is -0.624. The first kappa shape index (κ1) is 21.1. The molecular formula is C21H40NO3. The summed E-state index contributed by atoms with van der Waals surface area (Å²) in [5.41, 5.74) is -0.758. The molecule has 147 valence electrons. The monoisotopic (exact) mass is 354 g/mol. The second kappa shape index (κ2) is 7.46. The van der Waals surface area contributed by atoms with E-state index in [9.17, 15) is 5.21 Å². The fourth-order valence-electron chi connectivity index (χ4n) is 4.80. The average molecular weight is 355 g/mol. The van der Waals surface area contributed by atoms with Crippen LogP contribution in [-0.4, -0.2) is 35.1 Å². The Morgan fingerprint density at radius 1 is 1.00 bits per heavy atom. The quantitative estimate of drug-likeness (QED) is 0.646. The van der Waals surface area contributed by atoms with Crippen LogP contribution in [0, 0.1) is 11.3 Å². The number of hydroxylamine groups is 2. The smallest absolute Gasteiger partial charge is 0.174 e. The lowest BCUT2D eigenvalue weighted by atomic mass is 9.66. The van der Waals surface area contributed by atoms with Crippen LogP contribution in [-0.2, 0) is 14.7 Å². The van der Waals surface area contributed by atoms with Crippen molar-refractivity contribution in [2.75, 3.05) is 13.2 Å². The molecule has 0 saturated carbocycles. The zero-order valence-corrected chi connectivity index (χ0v) is 17.6. The molecule has 0 aromatic carbocycles. The van der Waals surface area contributed by atoms with Crippen LogP contribution in [0.25, 0.3) is 0 Å². The van der Waals surface area contributed by atoms with Crippen molar-refractivity contribution in [3.63, 3.8) is 0 Å². The molecule has 3 atom stereocenters. The molecule has 2 aliphatic heterocycles. The van der Waals surface area contributed by atoms with E-state index in [2.05, 4.69) is 48.5 Å². The highest BCUT2D eigenvalue weighted by Crippen LogP contribution is 2.54. The van der Waals surface area contributed by atoms with E-state index in [1.807, 2.05) is 0 Å². The molecule has 25 heavy (non-hydrogen) atoms. The predicted octanol–water partition coefficient (Wildman–Crippen LogP) is 5.34. The van der Waals surface area contributed by atoms with Crippen molar-refractivity contribution in [1.82, 2.24) is 5.06 Å². The lowest BCUT2D eigenvalue weighted by Crippen LogP contribution is -2.72. The third-order valence-corrected chi connectivity index (χ3v) is 7.71. The van der Waals surface area contributed by atoms with Crippen molar-refractivity contribution in [2.45, 2.75) is 110 Å². The Morgan fingerprint density at radius 2 is 1.60 bits per heavy atom. The Labute approximate surface area is 155 Å². The maximum absolute atomic E-state index is 13.2. The molecule has 0 aromatic rings. The van der Waals surface area contributed by atoms with Crippen LogP contribution >= 0.6 is 0 Å². The fourth-order valence-corrected chi connectivity index (χ4v) is 4.80. The van der Waals surface area contributed by atoms with Gasteiger partial charge in [0.25, 0.3) is 0 Å². The van der Waals surface area contributed by atoms with Gasteiger partial charge < -0.3 is 9.47 Å². The normalized spacial score (nSPS) is 45.8. The van der Waals surface area contributed by atoms with Crippen LogP contribution < -0.4 is 0 Å². The summed E-state index contributed by atoms with van der Waals surface area (Å²) < 4.78 is 13.2. The Kier molecular flexibility index (Phi) is 6.31. The highest BCUT2D eigenvalue weighted by atomic mass is 16.7. The molecule has 0 bridgehead atoms. The Hall–Kier alpha value is -0.160. The second-order valence-electron chi connectivity index (χ2n) is 9.10. The van der Waals surface area contributed by atoms with E-state index in [1.165, 1.54) is 17.9 Å². The molecule has 0 aromatic heterocycles. The molecule has 1 radical (unpaired) electrons. The van der Waals surface area contributed by atoms with Crippen LogP contribution in [0.5, 0.6) is 0 Å². The molecule has 2 heterocycles. The van der Waals surface area contributed by atoms with Gasteiger partial charge >= 0.3 is 0 Å². The summed E-state index contributed by atoms with van der Waals surface area (Å²) in [7, 11) is 0. The standard InChI is InChI=1S/C21H40NO3/c1-8-12-13-20(11-4)15-24-21(25-16-20)14-18(6,9-2)22(23)19(7,10-3)17(21)5/h17H,8-16H2,1-7H3. The molecule has 0 amide bonds. The van der Waals surface area contributed by atoms with Crippen LogP contribution in [0.1, 0.15) is 93.4 Å². The fraction of sp³-hybridized carbons (Fsp3) is 1.00. The highest BCUT2D eigenvalue weighted by molar-refractivity contribution is 5.08. The summed E-state index contributed by atoms with van der Waals surface area (Å²) in [6.45, 7) is 16.5. The first-order chi connectivity index (χ1) is 11.7. The molecule has 2 fully saturated rings. The van der Waals surface area contributed by atoms with Crippen molar-refractivity contribution in [1.29, 1.82) is 0 Å². The maximum atomic E-state index is 13.2. The van der Waals surface area contributed by atoms with E-state index in [0.29, 0.717) is 6.42 Å². The third-order valence-electron chi connectivity index (χ3n) is 7.71. The van der Waals surface area contributed by atoms with Crippen LogP contribution in [0.3, 0.4) is 0 Å². The molecule has 2 saturated heterocycles. The van der Waals surface area contributed by atoms with Gasteiger partial charge in [0.05, 0.1) is 24.3 Å². The summed E-state index contributed by atoms with van der Waals surface area (Å²) in [6.07, 6.45) is 6.94. The van der Waals surface area contributed by atoms with Crippen molar-refractivity contribution < 1.29 is 14.7 Å². The van der Waals surface area contributed by atoms with E-state index in [1.54, 1.807) is 0 Å². The minimum Gasteiger partial charge on any atom is -0.349 e. The Bertz CT molecular complexity index is 446. The summed E-state index contributed by atoms with van der Waals surface area (Å²) in [4.78, 5) is 0. The topological polar surface area (TPSA) is 41.6 Å². The molecule has 0 N–H and O–H groups in total. The van der Waals surface area contributed by atoms with Crippen LogP contribution in [0.15, 0.2) is 0 Å². The van der Waals surface area contributed by atoms with Gasteiger partial charge in [-0.1, -0.05) is 47.5 Å². The summed E-state index contributed by atoms with van der Waals surface area (Å²) in [5.74, 6) is -0.579. The first-order valence-corrected chi connectivity index (χ1v) is 10.4. The number of nitrogens with zero attached hydrogens (tertiary/aromatic N) is 1. The zero-order valence-electron chi connectivity index (χ0n) is 17.6. The van der Waals surface area contributed by atoms with E-state index >= 15 is 0 Å². The highest BCUT2D eigenvalue weighted by Gasteiger charge is 2.63. The lowest BCUT2D eigenvalue weighted by Gasteiger charge is -2.62. The van der Waals surface area contributed by atoms with Gasteiger partial charge in [-0.2, -0.15) is 0 Å². The first-order valence-electron chi connectivity index (χ1n) is 10.4. The van der Waals surface area contributed by atoms with Gasteiger partial charge in [-0.15, -0.1) is 10.3 Å². The SMILES string of the molecule is CCCCC1(CC)COC2(CC(C)(CC)N([O])C(C)(CC)C2C)OC1. The molecule has 4 nitrogen and oxygen atoms in total. The largest absolute Gasteiger partial charge is 0.349 e. The molecular weight excluding hydrogens is 314 g/mol. The minimum absolute atomic E-state index is 0.0446. The van der Waals surface area contributed by atoms with Gasteiger partial charge in [0, 0.05) is 17.8 Å². The zero-order chi connectivity index (χ0) is 18.9. The lowest BCUT2D eigenvalue weighted by molar-refractivity contribution is -0.414. The van der Waals surface area contributed by atoms with Crippen LogP contribution in [0.4, 0.5) is 0 Å². The average Bonchev–Trinajstić information content (AvgIpc) is 2.64. The second-order valence-corrected chi connectivity index (χ2v) is 9.10. The molecule has 4 heteroatoms. The van der Waals surface area contributed by atoms with Gasteiger partial charge in [-0.05, 0) is 39.5 Å². The van der Waals surface area contributed by atoms with Crippen molar-refractivity contribution in [3.8, 4) is 0 Å². The number of unbranched alkanes of at least 4 members (excludes halogenated alkanes) is 1. The van der Waals surface area contributed by atoms with Gasteiger partial charge in [0.15, 0.2) is 5.79 Å². The van der Waals surface area contributed by atoms with E-state index < -0.39 is 16.9 Å². The van der Waals surface area contributed by atoms with Crippen molar-refractivity contribution in [3.05, 3.63) is 0 Å². The molecule has 2 aliphatic rings. The molecule has 3 unspecified atom stereocenters. The van der Waals surface area contributed by atoms with E-state index in [4.69, 9.17) is 9.47 Å². The van der Waals surface area contributed by atoms with Gasteiger partial charge in [0.1, 0.15) is 0 Å².